The molecule has 5 rings (SSSR count). The number of nitrogens with one attached hydrogen (secondary N) is 1. The molecule has 1 saturated heterocycles. The van der Waals surface area contributed by atoms with Crippen LogP contribution < -0.4 is 10.1 Å². The molecule has 152 valence electrons. The van der Waals surface area contributed by atoms with Crippen LogP contribution >= 0.6 is 0 Å². The van der Waals surface area contributed by atoms with Gasteiger partial charge in [0.05, 0.1) is 12.2 Å². The minimum Gasteiger partial charge on any atom is -0.488 e. The number of fused-ring (bicyclic) bond motifs is 1. The fourth-order valence-electron chi connectivity index (χ4n) is 4.57. The molecule has 1 fully saturated rings. The number of halogens is 2. The fraction of sp³-hybridized carbons (Fsp3) is 0.250. The zero-order valence-corrected chi connectivity index (χ0v) is 16.3. The first kappa shape index (κ1) is 18.9. The molecule has 2 aliphatic rings. The van der Waals surface area contributed by atoms with Crippen molar-refractivity contribution in [3.05, 3.63) is 95.1 Å². The summed E-state index contributed by atoms with van der Waals surface area (Å²) >= 11 is 0. The maximum atomic E-state index is 14.1. The molecular weight excluding hydrogens is 384 g/mol. The molecule has 0 radical (unpaired) electrons. The first-order valence-electron chi connectivity index (χ1n) is 10.1. The highest BCUT2D eigenvalue weighted by molar-refractivity contribution is 5.54. The first-order valence-corrected chi connectivity index (χ1v) is 10.1. The Labute approximate surface area is 173 Å². The molecule has 0 aliphatic carbocycles. The van der Waals surface area contributed by atoms with Gasteiger partial charge in [0.2, 0.25) is 0 Å². The molecule has 4 nitrogen and oxygen atoms in total. The van der Waals surface area contributed by atoms with Crippen molar-refractivity contribution in [3.63, 3.8) is 0 Å². The summed E-state index contributed by atoms with van der Waals surface area (Å²) < 4.78 is 34.5. The smallest absolute Gasteiger partial charge is 0.126 e. The molecule has 3 aromatic carbocycles. The largest absolute Gasteiger partial charge is 0.488 e. The monoisotopic (exact) mass is 405 g/mol. The topological polar surface area (TPSA) is 46.0 Å². The highest BCUT2D eigenvalue weighted by Gasteiger charge is 2.39. The lowest BCUT2D eigenvalue weighted by Crippen LogP contribution is -2.47. The molecular formula is C24H21F2N3O. The lowest BCUT2D eigenvalue weighted by molar-refractivity contribution is 0.129. The standard InChI is InChI=1S/C24H21F2N3O/c25-16-9-15(10-17(26)11-16)20-12-27-14-23(30-18-5-2-1-3-6-18)24(20)19-7-4-8-22-21(19)13-28-29-22/h1-11,20,23-24,27H,12-14H2. The van der Waals surface area contributed by atoms with Crippen molar-refractivity contribution in [1.82, 2.24) is 5.32 Å². The number of para-hydroxylation sites is 1. The summed E-state index contributed by atoms with van der Waals surface area (Å²) in [4.78, 5) is 0. The zero-order valence-electron chi connectivity index (χ0n) is 16.3. The van der Waals surface area contributed by atoms with Gasteiger partial charge in [0.15, 0.2) is 0 Å². The van der Waals surface area contributed by atoms with Gasteiger partial charge in [0.1, 0.15) is 23.5 Å². The van der Waals surface area contributed by atoms with Crippen LogP contribution in [0.4, 0.5) is 14.5 Å². The van der Waals surface area contributed by atoms with Gasteiger partial charge >= 0.3 is 0 Å². The van der Waals surface area contributed by atoms with Gasteiger partial charge in [-0.05, 0) is 41.5 Å². The maximum Gasteiger partial charge on any atom is 0.126 e. The van der Waals surface area contributed by atoms with E-state index in [-0.39, 0.29) is 17.9 Å². The van der Waals surface area contributed by atoms with Crippen molar-refractivity contribution in [2.24, 2.45) is 10.2 Å². The van der Waals surface area contributed by atoms with E-state index < -0.39 is 11.6 Å². The number of benzene rings is 3. The lowest BCUT2D eigenvalue weighted by atomic mass is 9.74. The lowest BCUT2D eigenvalue weighted by Gasteiger charge is -2.40. The molecule has 3 aromatic rings. The van der Waals surface area contributed by atoms with Crippen LogP contribution in [0.15, 0.2) is 77.0 Å². The molecule has 1 N–H and O–H groups in total. The Balaban J connectivity index is 1.60. The Morgan fingerprint density at radius 3 is 2.50 bits per heavy atom. The summed E-state index contributed by atoms with van der Waals surface area (Å²) in [5.74, 6) is -0.644. The Kier molecular flexibility index (Phi) is 5.01. The van der Waals surface area contributed by atoms with E-state index in [1.165, 1.54) is 12.1 Å². The van der Waals surface area contributed by atoms with Crippen LogP contribution in [0.25, 0.3) is 0 Å². The number of ether oxygens (including phenoxy) is 1. The van der Waals surface area contributed by atoms with Gasteiger partial charge in [-0.2, -0.15) is 10.2 Å². The normalized spacial score (nSPS) is 22.7. The Morgan fingerprint density at radius 1 is 0.900 bits per heavy atom. The van der Waals surface area contributed by atoms with Crippen LogP contribution in [0, 0.1) is 11.6 Å². The van der Waals surface area contributed by atoms with E-state index >= 15 is 0 Å². The van der Waals surface area contributed by atoms with Gasteiger partial charge in [0, 0.05) is 36.6 Å². The molecule has 2 heterocycles. The summed E-state index contributed by atoms with van der Waals surface area (Å²) in [6, 6.07) is 19.4. The van der Waals surface area contributed by atoms with Crippen molar-refractivity contribution in [3.8, 4) is 5.75 Å². The van der Waals surface area contributed by atoms with Gasteiger partial charge < -0.3 is 10.1 Å². The number of piperidine rings is 1. The second-order valence-corrected chi connectivity index (χ2v) is 7.71. The summed E-state index contributed by atoms with van der Waals surface area (Å²) in [7, 11) is 0. The molecule has 0 bridgehead atoms. The average molecular weight is 405 g/mol. The van der Waals surface area contributed by atoms with Crippen molar-refractivity contribution in [2.75, 3.05) is 13.1 Å². The predicted octanol–water partition coefficient (Wildman–Crippen LogP) is 5.48. The maximum absolute atomic E-state index is 14.1. The van der Waals surface area contributed by atoms with Crippen molar-refractivity contribution >= 4 is 5.69 Å². The predicted molar refractivity (Wildman–Crippen MR) is 110 cm³/mol. The minimum atomic E-state index is -0.571. The van der Waals surface area contributed by atoms with Gasteiger partial charge in [0.25, 0.3) is 0 Å². The molecule has 0 spiro atoms. The van der Waals surface area contributed by atoms with Crippen LogP contribution in [0.5, 0.6) is 5.75 Å². The molecule has 0 saturated carbocycles. The van der Waals surface area contributed by atoms with Crippen molar-refractivity contribution < 1.29 is 13.5 Å². The molecule has 3 atom stereocenters. The highest BCUT2D eigenvalue weighted by Crippen LogP contribution is 2.44. The second kappa shape index (κ2) is 7.95. The zero-order chi connectivity index (χ0) is 20.5. The van der Waals surface area contributed by atoms with Crippen LogP contribution in [0.2, 0.25) is 0 Å². The second-order valence-electron chi connectivity index (χ2n) is 7.71. The van der Waals surface area contributed by atoms with Crippen LogP contribution in [-0.2, 0) is 6.54 Å². The third-order valence-corrected chi connectivity index (χ3v) is 5.84. The molecule has 0 aromatic heterocycles. The summed E-state index contributed by atoms with van der Waals surface area (Å²) in [6.45, 7) is 1.74. The van der Waals surface area contributed by atoms with Gasteiger partial charge in [-0.1, -0.05) is 30.3 Å². The van der Waals surface area contributed by atoms with E-state index in [4.69, 9.17) is 4.74 Å². The van der Waals surface area contributed by atoms with Gasteiger partial charge in [-0.3, -0.25) is 0 Å². The molecule has 6 heteroatoms. The van der Waals surface area contributed by atoms with Crippen molar-refractivity contribution in [1.29, 1.82) is 0 Å². The Hall–Kier alpha value is -3.12. The molecule has 30 heavy (non-hydrogen) atoms. The Bertz CT molecular complexity index is 1070. The quantitative estimate of drug-likeness (QED) is 0.625. The Morgan fingerprint density at radius 2 is 1.70 bits per heavy atom. The van der Waals surface area contributed by atoms with E-state index in [2.05, 4.69) is 21.6 Å². The fourth-order valence-corrected chi connectivity index (χ4v) is 4.57. The average Bonchev–Trinajstić information content (AvgIpc) is 3.23. The summed E-state index contributed by atoms with van der Waals surface area (Å²) in [5, 5.41) is 11.8. The SMILES string of the molecule is Fc1cc(F)cc(C2CNCC(Oc3ccccc3)C2c2cccc3c2CN=N3)c1. The number of rotatable bonds is 4. The van der Waals surface area contributed by atoms with Crippen LogP contribution in [0.1, 0.15) is 28.5 Å². The third-order valence-electron chi connectivity index (χ3n) is 5.84. The van der Waals surface area contributed by atoms with E-state index in [1.807, 2.05) is 42.5 Å². The van der Waals surface area contributed by atoms with Gasteiger partial charge in [-0.15, -0.1) is 0 Å². The van der Waals surface area contributed by atoms with E-state index in [9.17, 15) is 8.78 Å². The minimum absolute atomic E-state index is 0.105. The van der Waals surface area contributed by atoms with E-state index in [1.54, 1.807) is 0 Å². The summed E-state index contributed by atoms with van der Waals surface area (Å²) in [6.07, 6.45) is -0.218. The first-order chi connectivity index (χ1) is 14.7. The third kappa shape index (κ3) is 3.59. The number of hydrogen-bond donors (Lipinski definition) is 1. The molecule has 0 amide bonds. The number of hydrogen-bond acceptors (Lipinski definition) is 4. The van der Waals surface area contributed by atoms with Crippen LogP contribution in [-0.4, -0.2) is 19.2 Å². The molecule has 3 unspecified atom stereocenters. The van der Waals surface area contributed by atoms with Crippen molar-refractivity contribution in [2.45, 2.75) is 24.5 Å². The van der Waals surface area contributed by atoms with E-state index in [0.717, 1.165) is 28.6 Å². The van der Waals surface area contributed by atoms with E-state index in [0.29, 0.717) is 25.2 Å². The van der Waals surface area contributed by atoms with Gasteiger partial charge in [-0.25, -0.2) is 8.78 Å². The molecule has 2 aliphatic heterocycles. The number of azo groups is 1. The highest BCUT2D eigenvalue weighted by atomic mass is 19.1. The number of nitrogens with zero attached hydrogens (tertiary/aromatic N) is 2. The van der Waals surface area contributed by atoms with Crippen LogP contribution in [0.3, 0.4) is 0 Å². The summed E-state index contributed by atoms with van der Waals surface area (Å²) in [5.41, 5.74) is 3.62.